The Bertz CT molecular complexity index is 795. The molecule has 0 saturated carbocycles. The molecule has 3 aromatic rings. The first kappa shape index (κ1) is 14.9. The summed E-state index contributed by atoms with van der Waals surface area (Å²) in [5.41, 5.74) is 6.17. The maximum atomic E-state index is 5.47. The zero-order valence-electron chi connectivity index (χ0n) is 12.7. The van der Waals surface area contributed by atoms with Crippen molar-refractivity contribution in [3.8, 4) is 11.3 Å². The Morgan fingerprint density at radius 3 is 2.22 bits per heavy atom. The first-order valence-electron chi connectivity index (χ1n) is 7.65. The number of hydrogen-bond acceptors (Lipinski definition) is 4. The molecule has 0 amide bonds. The summed E-state index contributed by atoms with van der Waals surface area (Å²) in [6.45, 7) is 0. The summed E-state index contributed by atoms with van der Waals surface area (Å²) in [6, 6.07) is 19.6. The van der Waals surface area contributed by atoms with Gasteiger partial charge in [0.1, 0.15) is 11.5 Å². The van der Waals surface area contributed by atoms with E-state index in [1.165, 1.54) is 16.7 Å². The minimum absolute atomic E-state index is 0.851. The van der Waals surface area contributed by atoms with Crippen molar-refractivity contribution >= 4 is 23.5 Å². The van der Waals surface area contributed by atoms with E-state index < -0.39 is 0 Å². The number of hydrogen-bond donors (Lipinski definition) is 0. The summed E-state index contributed by atoms with van der Waals surface area (Å²) in [5, 5.41) is 4.20. The second kappa shape index (κ2) is 6.85. The van der Waals surface area contributed by atoms with Crippen LogP contribution in [0.15, 0.2) is 59.1 Å². The molecule has 0 radical (unpaired) electrons. The summed E-state index contributed by atoms with van der Waals surface area (Å²) < 4.78 is 5.47. The van der Waals surface area contributed by atoms with E-state index >= 15 is 0 Å². The molecule has 2 aliphatic heterocycles. The normalized spacial score (nSPS) is 14.8. The van der Waals surface area contributed by atoms with Crippen LogP contribution in [-0.2, 0) is 23.0 Å². The quantitative estimate of drug-likeness (QED) is 0.538. The van der Waals surface area contributed by atoms with Crippen molar-refractivity contribution in [1.29, 1.82) is 0 Å². The molecule has 23 heavy (non-hydrogen) atoms. The summed E-state index contributed by atoms with van der Waals surface area (Å²) in [4.78, 5) is 0. The summed E-state index contributed by atoms with van der Waals surface area (Å²) in [5.74, 6) is 4.88. The number of rotatable bonds is 0. The van der Waals surface area contributed by atoms with E-state index in [9.17, 15) is 0 Å². The highest BCUT2D eigenvalue weighted by Crippen LogP contribution is 2.26. The fourth-order valence-corrected chi connectivity index (χ4v) is 4.45. The number of fused-ring (bicyclic) bond motifs is 6. The van der Waals surface area contributed by atoms with Gasteiger partial charge in [-0.25, -0.2) is 0 Å². The zero-order chi connectivity index (χ0) is 15.5. The number of aromatic nitrogens is 1. The highest BCUT2D eigenvalue weighted by molar-refractivity contribution is 7.98. The average Bonchev–Trinajstić information content (AvgIpc) is 3.04. The summed E-state index contributed by atoms with van der Waals surface area (Å²) >= 11 is 3.83. The van der Waals surface area contributed by atoms with Crippen molar-refractivity contribution < 1.29 is 4.52 Å². The van der Waals surface area contributed by atoms with E-state index in [0.717, 1.165) is 40.0 Å². The van der Waals surface area contributed by atoms with Gasteiger partial charge in [-0.3, -0.25) is 0 Å². The van der Waals surface area contributed by atoms with Crippen molar-refractivity contribution in [1.82, 2.24) is 5.16 Å². The predicted octanol–water partition coefficient (Wildman–Crippen LogP) is 5.52. The maximum Gasteiger partial charge on any atom is 0.147 e. The van der Waals surface area contributed by atoms with Crippen molar-refractivity contribution in [2.45, 2.75) is 23.0 Å². The Kier molecular flexibility index (Phi) is 4.44. The van der Waals surface area contributed by atoms with Crippen LogP contribution >= 0.6 is 23.5 Å². The second-order valence-corrected chi connectivity index (χ2v) is 7.65. The molecule has 0 fully saturated rings. The first-order chi connectivity index (χ1) is 11.4. The van der Waals surface area contributed by atoms with E-state index in [0.29, 0.717) is 0 Å². The van der Waals surface area contributed by atoms with Gasteiger partial charge in [0.25, 0.3) is 0 Å². The van der Waals surface area contributed by atoms with Crippen molar-refractivity contribution in [3.63, 3.8) is 0 Å². The third kappa shape index (κ3) is 3.65. The topological polar surface area (TPSA) is 26.0 Å². The fourth-order valence-electron chi connectivity index (χ4n) is 2.65. The molecule has 4 heteroatoms. The highest BCUT2D eigenvalue weighted by atomic mass is 32.2. The van der Waals surface area contributed by atoms with Gasteiger partial charge in [0.15, 0.2) is 0 Å². The molecule has 2 nitrogen and oxygen atoms in total. The predicted molar refractivity (Wildman–Crippen MR) is 98.4 cm³/mol. The SMILES string of the molecule is c1cc2cc(c1)CSCc1cc(no1)-c1ccc(cc1)CSC2. The third-order valence-corrected chi connectivity index (χ3v) is 5.95. The molecule has 0 spiro atoms. The lowest BCUT2D eigenvalue weighted by Gasteiger charge is -2.06. The van der Waals surface area contributed by atoms with E-state index in [4.69, 9.17) is 4.52 Å². The first-order valence-corrected chi connectivity index (χ1v) is 9.96. The number of benzene rings is 2. The molecule has 6 bridgehead atoms. The van der Waals surface area contributed by atoms with Crippen molar-refractivity contribution in [2.24, 2.45) is 0 Å². The van der Waals surface area contributed by atoms with E-state index in [1.54, 1.807) is 0 Å². The molecule has 0 atom stereocenters. The molecule has 0 saturated heterocycles. The van der Waals surface area contributed by atoms with E-state index in [-0.39, 0.29) is 0 Å². The van der Waals surface area contributed by atoms with Crippen LogP contribution in [0.25, 0.3) is 11.3 Å². The third-order valence-electron chi connectivity index (χ3n) is 3.85. The van der Waals surface area contributed by atoms with Gasteiger partial charge in [0.05, 0.1) is 5.75 Å². The van der Waals surface area contributed by atoms with Gasteiger partial charge in [0.2, 0.25) is 0 Å². The number of thioether (sulfide) groups is 2. The van der Waals surface area contributed by atoms with Gasteiger partial charge in [0, 0.05) is 28.9 Å². The molecule has 0 aliphatic carbocycles. The molecule has 1 aromatic heterocycles. The summed E-state index contributed by atoms with van der Waals surface area (Å²) in [6.07, 6.45) is 0. The molecule has 2 aromatic carbocycles. The van der Waals surface area contributed by atoms with Gasteiger partial charge in [-0.1, -0.05) is 53.7 Å². The van der Waals surface area contributed by atoms with Gasteiger partial charge in [-0.05, 0) is 16.7 Å². The average molecular weight is 339 g/mol. The van der Waals surface area contributed by atoms with Crippen LogP contribution in [0.4, 0.5) is 0 Å². The molecule has 116 valence electrons. The fraction of sp³-hybridized carbons (Fsp3) is 0.211. The lowest BCUT2D eigenvalue weighted by Crippen LogP contribution is -1.88. The zero-order valence-corrected chi connectivity index (χ0v) is 14.3. The minimum atomic E-state index is 0.851. The second-order valence-electron chi connectivity index (χ2n) is 5.68. The molecule has 2 aliphatic rings. The van der Waals surface area contributed by atoms with E-state index in [2.05, 4.69) is 59.8 Å². The monoisotopic (exact) mass is 339 g/mol. The van der Waals surface area contributed by atoms with Crippen LogP contribution in [0.3, 0.4) is 0 Å². The van der Waals surface area contributed by atoms with Crippen LogP contribution in [0, 0.1) is 0 Å². The van der Waals surface area contributed by atoms with Crippen LogP contribution in [0.2, 0.25) is 0 Å². The lowest BCUT2D eigenvalue weighted by molar-refractivity contribution is 0.397. The molecular weight excluding hydrogens is 322 g/mol. The van der Waals surface area contributed by atoms with Gasteiger partial charge in [-0.2, -0.15) is 11.8 Å². The van der Waals surface area contributed by atoms with Gasteiger partial charge < -0.3 is 4.52 Å². The Morgan fingerprint density at radius 2 is 1.43 bits per heavy atom. The lowest BCUT2D eigenvalue weighted by atomic mass is 10.1. The Balaban J connectivity index is 1.63. The molecule has 0 unspecified atom stereocenters. The smallest absolute Gasteiger partial charge is 0.147 e. The highest BCUT2D eigenvalue weighted by Gasteiger charge is 2.08. The molecule has 5 rings (SSSR count). The van der Waals surface area contributed by atoms with Crippen molar-refractivity contribution in [3.05, 3.63) is 77.0 Å². The standard InChI is InChI=1S/C19H17NOS2/c1-2-15-8-16(3-1)12-23-13-18-9-19(20-21-18)17-6-4-14(5-7-17)10-22-11-15/h1-9H,10-13H2. The van der Waals surface area contributed by atoms with E-state index in [1.807, 2.05) is 23.5 Å². The van der Waals surface area contributed by atoms with Crippen LogP contribution in [-0.4, -0.2) is 5.16 Å². The van der Waals surface area contributed by atoms with Crippen molar-refractivity contribution in [2.75, 3.05) is 0 Å². The van der Waals surface area contributed by atoms with Gasteiger partial charge >= 0.3 is 0 Å². The molecule has 3 heterocycles. The van der Waals surface area contributed by atoms with Crippen LogP contribution in [0.5, 0.6) is 0 Å². The number of nitrogens with zero attached hydrogens (tertiary/aromatic N) is 1. The Hall–Kier alpha value is -1.65. The van der Waals surface area contributed by atoms with Crippen LogP contribution < -0.4 is 0 Å². The van der Waals surface area contributed by atoms with Gasteiger partial charge in [-0.15, -0.1) is 11.8 Å². The Labute approximate surface area is 144 Å². The largest absolute Gasteiger partial charge is 0.360 e. The molecular formula is C19H17NOS2. The summed E-state index contributed by atoms with van der Waals surface area (Å²) in [7, 11) is 0. The maximum absolute atomic E-state index is 5.47. The Morgan fingerprint density at radius 1 is 0.739 bits per heavy atom. The van der Waals surface area contributed by atoms with Crippen LogP contribution in [0.1, 0.15) is 22.5 Å². The molecule has 0 N–H and O–H groups in total. The minimum Gasteiger partial charge on any atom is -0.360 e.